The second-order valence-electron chi connectivity index (χ2n) is 6.93. The van der Waals surface area contributed by atoms with Crippen molar-refractivity contribution in [1.29, 1.82) is 0 Å². The maximum atomic E-state index is 11.8. The highest BCUT2D eigenvalue weighted by Gasteiger charge is 2.25. The van der Waals surface area contributed by atoms with Crippen LogP contribution < -0.4 is 15.4 Å². The van der Waals surface area contributed by atoms with E-state index in [1.807, 2.05) is 19.1 Å². The average Bonchev–Trinajstić information content (AvgIpc) is 2.71. The number of para-hydroxylation sites is 1. The van der Waals surface area contributed by atoms with Gasteiger partial charge in [0.05, 0.1) is 13.2 Å². The molecule has 7 heteroatoms. The summed E-state index contributed by atoms with van der Waals surface area (Å²) in [4.78, 5) is 17.9. The van der Waals surface area contributed by atoms with Gasteiger partial charge in [0.25, 0.3) is 0 Å². The number of aliphatic imine (C=N–C) groups is 1. The molecule has 1 saturated heterocycles. The van der Waals surface area contributed by atoms with Gasteiger partial charge >= 0.3 is 6.09 Å². The molecule has 27 heavy (non-hydrogen) atoms. The Morgan fingerprint density at radius 3 is 2.81 bits per heavy atom. The van der Waals surface area contributed by atoms with Crippen LogP contribution in [0.15, 0.2) is 29.3 Å². The number of benzene rings is 1. The first-order valence-electron chi connectivity index (χ1n) is 9.81. The van der Waals surface area contributed by atoms with Gasteiger partial charge in [-0.3, -0.25) is 4.99 Å². The zero-order chi connectivity index (χ0) is 19.1. The summed E-state index contributed by atoms with van der Waals surface area (Å²) in [5.41, 5.74) is 1.26. The van der Waals surface area contributed by atoms with E-state index in [9.17, 15) is 4.79 Å². The molecule has 2 heterocycles. The fourth-order valence-corrected chi connectivity index (χ4v) is 3.66. The van der Waals surface area contributed by atoms with E-state index in [1.165, 1.54) is 5.56 Å². The van der Waals surface area contributed by atoms with Crippen molar-refractivity contribution in [2.75, 3.05) is 39.9 Å². The molecule has 3 rings (SSSR count). The van der Waals surface area contributed by atoms with E-state index in [4.69, 9.17) is 9.47 Å². The third-order valence-electron chi connectivity index (χ3n) is 5.18. The molecular weight excluding hydrogens is 344 g/mol. The third kappa shape index (κ3) is 5.05. The fraction of sp³-hybridized carbons (Fsp3) is 0.600. The van der Waals surface area contributed by atoms with Gasteiger partial charge in [0.1, 0.15) is 5.75 Å². The summed E-state index contributed by atoms with van der Waals surface area (Å²) in [5, 5.41) is 6.95. The van der Waals surface area contributed by atoms with Crippen LogP contribution in [0.1, 0.15) is 37.7 Å². The maximum absolute atomic E-state index is 11.8. The van der Waals surface area contributed by atoms with Gasteiger partial charge in [-0.15, -0.1) is 0 Å². The molecular formula is C20H30N4O3. The molecule has 2 aliphatic heterocycles. The lowest BCUT2D eigenvalue weighted by molar-refractivity contribution is 0.0963. The van der Waals surface area contributed by atoms with Crippen LogP contribution in [0.3, 0.4) is 0 Å². The molecule has 0 aromatic heterocycles. The predicted molar refractivity (Wildman–Crippen MR) is 105 cm³/mol. The van der Waals surface area contributed by atoms with Gasteiger partial charge in [0.15, 0.2) is 5.96 Å². The molecule has 0 radical (unpaired) electrons. The third-order valence-corrected chi connectivity index (χ3v) is 5.18. The van der Waals surface area contributed by atoms with Crippen molar-refractivity contribution >= 4 is 12.1 Å². The Hall–Kier alpha value is -2.44. The number of guanidine groups is 1. The summed E-state index contributed by atoms with van der Waals surface area (Å²) in [6, 6.07) is 8.56. The van der Waals surface area contributed by atoms with Crippen LogP contribution in [0.5, 0.6) is 5.75 Å². The first kappa shape index (κ1) is 19.3. The summed E-state index contributed by atoms with van der Waals surface area (Å²) in [6.45, 7) is 5.24. The topological polar surface area (TPSA) is 75.2 Å². The number of nitrogens with one attached hydrogen (secondary N) is 2. The molecule has 148 valence electrons. The molecule has 1 aromatic carbocycles. The van der Waals surface area contributed by atoms with E-state index in [0.717, 1.165) is 44.1 Å². The van der Waals surface area contributed by atoms with Crippen LogP contribution in [-0.2, 0) is 4.74 Å². The number of piperidine rings is 1. The molecule has 1 aromatic rings. The molecule has 1 fully saturated rings. The van der Waals surface area contributed by atoms with Gasteiger partial charge in [-0.1, -0.05) is 18.2 Å². The molecule has 1 unspecified atom stereocenters. The Morgan fingerprint density at radius 2 is 2.07 bits per heavy atom. The highest BCUT2D eigenvalue weighted by atomic mass is 16.6. The number of ether oxygens (including phenoxy) is 2. The SMILES string of the molecule is CCOC(=O)N1CCC(NC(=NC)NCC2CCOc3ccccc32)CC1. The number of carbonyl (C=O) groups is 1. The van der Waals surface area contributed by atoms with Crippen LogP contribution in [0.25, 0.3) is 0 Å². The van der Waals surface area contributed by atoms with E-state index < -0.39 is 0 Å². The Kier molecular flexibility index (Phi) is 6.79. The molecule has 2 N–H and O–H groups in total. The quantitative estimate of drug-likeness (QED) is 0.625. The van der Waals surface area contributed by atoms with Gasteiger partial charge in [-0.2, -0.15) is 0 Å². The van der Waals surface area contributed by atoms with Crippen molar-refractivity contribution in [2.24, 2.45) is 4.99 Å². The van der Waals surface area contributed by atoms with Crippen LogP contribution in [0.2, 0.25) is 0 Å². The average molecular weight is 374 g/mol. The number of hydrogen-bond donors (Lipinski definition) is 2. The van der Waals surface area contributed by atoms with Crippen LogP contribution in [-0.4, -0.2) is 62.9 Å². The number of amides is 1. The van der Waals surface area contributed by atoms with Crippen LogP contribution >= 0.6 is 0 Å². The van der Waals surface area contributed by atoms with Gasteiger partial charge in [0.2, 0.25) is 0 Å². The molecule has 1 atom stereocenters. The highest BCUT2D eigenvalue weighted by Crippen LogP contribution is 2.32. The standard InChI is InChI=1S/C20H30N4O3/c1-3-26-20(25)24-11-8-16(9-12-24)23-19(21-2)22-14-15-10-13-27-18-7-5-4-6-17(15)18/h4-7,15-16H,3,8-14H2,1-2H3,(H2,21,22,23). The minimum absolute atomic E-state index is 0.211. The second-order valence-corrected chi connectivity index (χ2v) is 6.93. The maximum Gasteiger partial charge on any atom is 0.409 e. The lowest BCUT2D eigenvalue weighted by Gasteiger charge is -2.33. The Bertz CT molecular complexity index is 656. The first-order chi connectivity index (χ1) is 13.2. The summed E-state index contributed by atoms with van der Waals surface area (Å²) in [6.07, 6.45) is 2.56. The van der Waals surface area contributed by atoms with Crippen LogP contribution in [0, 0.1) is 0 Å². The fourth-order valence-electron chi connectivity index (χ4n) is 3.66. The number of nitrogens with zero attached hydrogens (tertiary/aromatic N) is 2. The summed E-state index contributed by atoms with van der Waals surface area (Å²) >= 11 is 0. The largest absolute Gasteiger partial charge is 0.493 e. The summed E-state index contributed by atoms with van der Waals surface area (Å²) in [7, 11) is 1.79. The minimum Gasteiger partial charge on any atom is -0.493 e. The lowest BCUT2D eigenvalue weighted by atomic mass is 9.93. The van der Waals surface area contributed by atoms with E-state index >= 15 is 0 Å². The van der Waals surface area contributed by atoms with Gasteiger partial charge in [0, 0.05) is 38.6 Å². The van der Waals surface area contributed by atoms with E-state index in [2.05, 4.69) is 27.8 Å². The van der Waals surface area contributed by atoms with Crippen molar-refractivity contribution < 1.29 is 14.3 Å². The van der Waals surface area contributed by atoms with Gasteiger partial charge < -0.3 is 25.0 Å². The Balaban J connectivity index is 1.46. The lowest BCUT2D eigenvalue weighted by Crippen LogP contribution is -2.50. The molecule has 0 bridgehead atoms. The van der Waals surface area contributed by atoms with Crippen molar-refractivity contribution in [3.8, 4) is 5.75 Å². The highest BCUT2D eigenvalue weighted by molar-refractivity contribution is 5.80. The number of likely N-dealkylation sites (tertiary alicyclic amines) is 1. The van der Waals surface area contributed by atoms with Gasteiger partial charge in [-0.05, 0) is 37.8 Å². The van der Waals surface area contributed by atoms with Crippen molar-refractivity contribution in [1.82, 2.24) is 15.5 Å². The molecule has 0 aliphatic carbocycles. The zero-order valence-corrected chi connectivity index (χ0v) is 16.2. The predicted octanol–water partition coefficient (Wildman–Crippen LogP) is 2.34. The second kappa shape index (κ2) is 9.48. The summed E-state index contributed by atoms with van der Waals surface area (Å²) < 4.78 is 10.8. The normalized spacial score (nSPS) is 20.4. The number of hydrogen-bond acceptors (Lipinski definition) is 4. The zero-order valence-electron chi connectivity index (χ0n) is 16.2. The van der Waals surface area contributed by atoms with Gasteiger partial charge in [-0.25, -0.2) is 4.79 Å². The summed E-state index contributed by atoms with van der Waals surface area (Å²) in [5.74, 6) is 2.22. The van der Waals surface area contributed by atoms with Crippen molar-refractivity contribution in [3.63, 3.8) is 0 Å². The molecule has 1 amide bonds. The van der Waals surface area contributed by atoms with E-state index in [1.54, 1.807) is 11.9 Å². The number of carbonyl (C=O) groups excluding carboxylic acids is 1. The number of rotatable bonds is 4. The smallest absolute Gasteiger partial charge is 0.409 e. The number of fused-ring (bicyclic) bond motifs is 1. The Morgan fingerprint density at radius 1 is 1.30 bits per heavy atom. The molecule has 0 saturated carbocycles. The monoisotopic (exact) mass is 374 g/mol. The van der Waals surface area contributed by atoms with Crippen molar-refractivity contribution in [2.45, 2.75) is 38.1 Å². The van der Waals surface area contributed by atoms with E-state index in [0.29, 0.717) is 31.7 Å². The van der Waals surface area contributed by atoms with E-state index in [-0.39, 0.29) is 6.09 Å². The van der Waals surface area contributed by atoms with Crippen LogP contribution in [0.4, 0.5) is 4.79 Å². The minimum atomic E-state index is -0.211. The molecule has 2 aliphatic rings. The molecule has 7 nitrogen and oxygen atoms in total. The molecule has 0 spiro atoms. The van der Waals surface area contributed by atoms with Crippen molar-refractivity contribution in [3.05, 3.63) is 29.8 Å². The Labute approximate surface area is 161 Å². The first-order valence-corrected chi connectivity index (χ1v) is 9.81.